The van der Waals surface area contributed by atoms with Crippen molar-refractivity contribution in [3.63, 3.8) is 0 Å². The topological polar surface area (TPSA) is 98.2 Å². The molecule has 0 radical (unpaired) electrons. The third kappa shape index (κ3) is 5.14. The van der Waals surface area contributed by atoms with E-state index in [1.54, 1.807) is 11.6 Å². The molecule has 11 heteroatoms. The largest absolute Gasteiger partial charge is 0.453 e. The average molecular weight is 375 g/mol. The molecule has 1 aromatic carbocycles. The highest BCUT2D eigenvalue weighted by molar-refractivity contribution is 7.89. The number of sulfonamides is 1. The Labute approximate surface area is 140 Å². The van der Waals surface area contributed by atoms with E-state index >= 15 is 0 Å². The molecule has 1 aromatic heterocycles. The Bertz CT molecular complexity index is 897. The number of ether oxygens (including phenoxy) is 1. The molecule has 0 bridgehead atoms. The minimum absolute atomic E-state index is 0.0237. The summed E-state index contributed by atoms with van der Waals surface area (Å²) in [6.07, 6.45) is -1.72. The van der Waals surface area contributed by atoms with E-state index in [-0.39, 0.29) is 5.75 Å². The number of halogens is 3. The SMILES string of the molecule is Cc1ncc(Oc2ccc(C(=O)NS(C)(=O)=O)cc2C(F)(F)F)cn1. The third-order valence-corrected chi connectivity index (χ3v) is 3.37. The molecular formula is C14H12F3N3O4S. The lowest BCUT2D eigenvalue weighted by Crippen LogP contribution is -2.29. The van der Waals surface area contributed by atoms with Gasteiger partial charge in [-0.1, -0.05) is 0 Å². The summed E-state index contributed by atoms with van der Waals surface area (Å²) in [4.78, 5) is 19.3. The summed E-state index contributed by atoms with van der Waals surface area (Å²) in [7, 11) is -3.91. The van der Waals surface area contributed by atoms with Crippen molar-refractivity contribution >= 4 is 15.9 Å². The van der Waals surface area contributed by atoms with Crippen LogP contribution in [-0.4, -0.2) is 30.5 Å². The van der Waals surface area contributed by atoms with Crippen LogP contribution in [0.1, 0.15) is 21.7 Å². The van der Waals surface area contributed by atoms with Crippen molar-refractivity contribution in [2.24, 2.45) is 0 Å². The van der Waals surface area contributed by atoms with Crippen LogP contribution in [0.5, 0.6) is 11.5 Å². The first-order valence-corrected chi connectivity index (χ1v) is 8.55. The van der Waals surface area contributed by atoms with Gasteiger partial charge in [0.15, 0.2) is 5.75 Å². The zero-order chi connectivity index (χ0) is 18.8. The highest BCUT2D eigenvalue weighted by Gasteiger charge is 2.35. The van der Waals surface area contributed by atoms with Crippen molar-refractivity contribution < 1.29 is 31.1 Å². The number of nitrogens with one attached hydrogen (secondary N) is 1. The second-order valence-corrected chi connectivity index (χ2v) is 6.73. The molecule has 25 heavy (non-hydrogen) atoms. The van der Waals surface area contributed by atoms with Crippen molar-refractivity contribution in [1.29, 1.82) is 0 Å². The third-order valence-electron chi connectivity index (χ3n) is 2.81. The minimum Gasteiger partial charge on any atom is -0.453 e. The van der Waals surface area contributed by atoms with Crippen molar-refractivity contribution in [3.05, 3.63) is 47.5 Å². The van der Waals surface area contributed by atoms with E-state index < -0.39 is 39.0 Å². The Morgan fingerprint density at radius 2 is 1.80 bits per heavy atom. The van der Waals surface area contributed by atoms with Gasteiger partial charge in [-0.15, -0.1) is 0 Å². The van der Waals surface area contributed by atoms with Gasteiger partial charge in [-0.25, -0.2) is 23.1 Å². The van der Waals surface area contributed by atoms with Gasteiger partial charge in [0.25, 0.3) is 5.91 Å². The Morgan fingerprint density at radius 3 is 2.32 bits per heavy atom. The smallest absolute Gasteiger partial charge is 0.420 e. The average Bonchev–Trinajstić information content (AvgIpc) is 2.47. The lowest BCUT2D eigenvalue weighted by Gasteiger charge is -2.14. The molecule has 1 heterocycles. The molecule has 0 atom stereocenters. The number of amides is 1. The van der Waals surface area contributed by atoms with Gasteiger partial charge < -0.3 is 4.74 Å². The first-order valence-electron chi connectivity index (χ1n) is 6.65. The van der Waals surface area contributed by atoms with Gasteiger partial charge >= 0.3 is 6.18 Å². The van der Waals surface area contributed by atoms with Gasteiger partial charge in [0.1, 0.15) is 11.6 Å². The van der Waals surface area contributed by atoms with Gasteiger partial charge in [-0.3, -0.25) is 4.79 Å². The number of hydrogen-bond acceptors (Lipinski definition) is 6. The van der Waals surface area contributed by atoms with Crippen LogP contribution in [-0.2, 0) is 16.2 Å². The van der Waals surface area contributed by atoms with E-state index in [1.807, 2.05) is 0 Å². The number of carbonyl (C=O) groups excluding carboxylic acids is 1. The van der Waals surface area contributed by atoms with Crippen LogP contribution in [0.25, 0.3) is 0 Å². The molecule has 0 fully saturated rings. The van der Waals surface area contributed by atoms with Gasteiger partial charge in [-0.05, 0) is 25.1 Å². The second kappa shape index (κ2) is 6.67. The predicted molar refractivity (Wildman–Crippen MR) is 80.6 cm³/mol. The molecule has 0 saturated heterocycles. The van der Waals surface area contributed by atoms with Gasteiger partial charge in [-0.2, -0.15) is 13.2 Å². The molecule has 1 N–H and O–H groups in total. The number of carbonyl (C=O) groups is 1. The molecule has 0 aliphatic rings. The fourth-order valence-electron chi connectivity index (χ4n) is 1.77. The molecule has 0 aliphatic heterocycles. The van der Waals surface area contributed by atoms with E-state index in [0.29, 0.717) is 18.1 Å². The molecule has 7 nitrogen and oxygen atoms in total. The molecule has 1 amide bonds. The van der Waals surface area contributed by atoms with Crippen molar-refractivity contribution in [3.8, 4) is 11.5 Å². The monoisotopic (exact) mass is 375 g/mol. The quantitative estimate of drug-likeness (QED) is 0.880. The molecule has 2 rings (SSSR count). The van der Waals surface area contributed by atoms with Gasteiger partial charge in [0.2, 0.25) is 10.0 Å². The standard InChI is InChI=1S/C14H12F3N3O4S/c1-8-18-6-10(7-19-8)24-12-4-3-9(5-11(12)14(15,16)17)13(21)20-25(2,22)23/h3-7H,1-2H3,(H,20,21). The van der Waals surface area contributed by atoms with Crippen LogP contribution in [0.4, 0.5) is 13.2 Å². The Kier molecular flexibility index (Phi) is 4.97. The van der Waals surface area contributed by atoms with Gasteiger partial charge in [0.05, 0.1) is 24.2 Å². The maximum absolute atomic E-state index is 13.2. The first kappa shape index (κ1) is 18.6. The number of rotatable bonds is 4. The van der Waals surface area contributed by atoms with Crippen LogP contribution < -0.4 is 9.46 Å². The molecule has 0 saturated carbocycles. The molecule has 0 aliphatic carbocycles. The summed E-state index contributed by atoms with van der Waals surface area (Å²) in [5, 5.41) is 0. The highest BCUT2D eigenvalue weighted by Crippen LogP contribution is 2.38. The minimum atomic E-state index is -4.83. The summed E-state index contributed by atoms with van der Waals surface area (Å²) in [5.41, 5.74) is -1.72. The Morgan fingerprint density at radius 1 is 1.20 bits per heavy atom. The fraction of sp³-hybridized carbons (Fsp3) is 0.214. The van der Waals surface area contributed by atoms with Crippen LogP contribution in [0.2, 0.25) is 0 Å². The van der Waals surface area contributed by atoms with Crippen LogP contribution in [0.3, 0.4) is 0 Å². The van der Waals surface area contributed by atoms with E-state index in [0.717, 1.165) is 12.1 Å². The zero-order valence-corrected chi connectivity index (χ0v) is 13.8. The van der Waals surface area contributed by atoms with Crippen molar-refractivity contribution in [2.45, 2.75) is 13.1 Å². The summed E-state index contributed by atoms with van der Waals surface area (Å²) in [6, 6.07) is 2.44. The summed E-state index contributed by atoms with van der Waals surface area (Å²) < 4.78 is 68.5. The van der Waals surface area contributed by atoms with E-state index in [1.165, 1.54) is 12.4 Å². The second-order valence-electron chi connectivity index (χ2n) is 4.98. The van der Waals surface area contributed by atoms with Crippen LogP contribution in [0.15, 0.2) is 30.6 Å². The summed E-state index contributed by atoms with van der Waals surface area (Å²) in [5.74, 6) is -1.37. The van der Waals surface area contributed by atoms with Crippen LogP contribution >= 0.6 is 0 Å². The Hall–Kier alpha value is -2.69. The lowest BCUT2D eigenvalue weighted by atomic mass is 10.1. The highest BCUT2D eigenvalue weighted by atomic mass is 32.2. The molecule has 0 spiro atoms. The number of alkyl halides is 3. The first-order chi connectivity index (χ1) is 11.5. The maximum Gasteiger partial charge on any atom is 0.420 e. The fourth-order valence-corrected chi connectivity index (χ4v) is 2.22. The Balaban J connectivity index is 2.40. The summed E-state index contributed by atoms with van der Waals surface area (Å²) in [6.45, 7) is 1.60. The van der Waals surface area contributed by atoms with Crippen molar-refractivity contribution in [1.82, 2.24) is 14.7 Å². The number of aryl methyl sites for hydroxylation is 1. The number of benzene rings is 1. The molecular weight excluding hydrogens is 363 g/mol. The molecule has 0 unspecified atom stereocenters. The zero-order valence-electron chi connectivity index (χ0n) is 13.0. The van der Waals surface area contributed by atoms with Crippen LogP contribution in [0, 0.1) is 6.92 Å². The normalized spacial score (nSPS) is 11.9. The maximum atomic E-state index is 13.2. The van der Waals surface area contributed by atoms with E-state index in [2.05, 4.69) is 9.97 Å². The van der Waals surface area contributed by atoms with Gasteiger partial charge in [0, 0.05) is 5.56 Å². The molecule has 2 aromatic rings. The predicted octanol–water partition coefficient (Wildman–Crippen LogP) is 2.29. The number of hydrogen-bond donors (Lipinski definition) is 1. The lowest BCUT2D eigenvalue weighted by molar-refractivity contribution is -0.138. The van der Waals surface area contributed by atoms with Crippen molar-refractivity contribution in [2.75, 3.05) is 6.26 Å². The molecule has 134 valence electrons. The summed E-state index contributed by atoms with van der Waals surface area (Å²) >= 11 is 0. The van der Waals surface area contributed by atoms with E-state index in [9.17, 15) is 26.4 Å². The number of aromatic nitrogens is 2. The number of nitrogens with zero attached hydrogens (tertiary/aromatic N) is 2. The van der Waals surface area contributed by atoms with E-state index in [4.69, 9.17) is 4.74 Å².